The first kappa shape index (κ1) is 15.6. The van der Waals surface area contributed by atoms with Gasteiger partial charge in [-0.3, -0.25) is 9.59 Å². The number of fused-ring (bicyclic) bond motifs is 1. The Hall–Kier alpha value is -1.26. The average molecular weight is 342 g/mol. The lowest BCUT2D eigenvalue weighted by atomic mass is 9.97. The summed E-state index contributed by atoms with van der Waals surface area (Å²) in [5.41, 5.74) is 2.05. The van der Waals surface area contributed by atoms with Crippen molar-refractivity contribution in [3.63, 3.8) is 0 Å². The number of benzene rings is 1. The molecule has 4 nitrogen and oxygen atoms in total. The van der Waals surface area contributed by atoms with Gasteiger partial charge in [-0.1, -0.05) is 23.2 Å². The van der Waals surface area contributed by atoms with Crippen LogP contribution in [-0.4, -0.2) is 28.4 Å². The predicted octanol–water partition coefficient (Wildman–Crippen LogP) is 3.38. The first-order chi connectivity index (χ1) is 10.5. The number of rotatable bonds is 2. The fourth-order valence-electron chi connectivity index (χ4n) is 3.49. The minimum Gasteiger partial charge on any atom is -0.481 e. The summed E-state index contributed by atoms with van der Waals surface area (Å²) in [6.07, 6.45) is 2.42. The second-order valence-electron chi connectivity index (χ2n) is 6.08. The molecule has 0 saturated heterocycles. The van der Waals surface area contributed by atoms with Crippen LogP contribution in [0, 0.1) is 11.8 Å². The molecule has 22 heavy (non-hydrogen) atoms. The van der Waals surface area contributed by atoms with Crippen LogP contribution >= 0.6 is 23.2 Å². The molecule has 2 atom stereocenters. The van der Waals surface area contributed by atoms with Crippen molar-refractivity contribution < 1.29 is 14.7 Å². The van der Waals surface area contributed by atoms with Gasteiger partial charge in [0, 0.05) is 29.1 Å². The first-order valence-corrected chi connectivity index (χ1v) is 8.19. The van der Waals surface area contributed by atoms with Crippen molar-refractivity contribution in [2.75, 3.05) is 6.54 Å². The molecule has 0 aromatic heterocycles. The molecule has 0 radical (unpaired) electrons. The van der Waals surface area contributed by atoms with Gasteiger partial charge in [0.05, 0.1) is 5.92 Å². The van der Waals surface area contributed by atoms with Crippen LogP contribution in [-0.2, 0) is 22.6 Å². The first-order valence-electron chi connectivity index (χ1n) is 7.44. The summed E-state index contributed by atoms with van der Waals surface area (Å²) in [7, 11) is 0. The number of carbonyl (C=O) groups is 2. The smallest absolute Gasteiger partial charge is 0.306 e. The Morgan fingerprint density at radius 1 is 1.18 bits per heavy atom. The summed E-state index contributed by atoms with van der Waals surface area (Å²) < 4.78 is 0. The van der Waals surface area contributed by atoms with E-state index in [2.05, 4.69) is 0 Å². The van der Waals surface area contributed by atoms with Crippen LogP contribution in [0.1, 0.15) is 30.4 Å². The molecule has 1 N–H and O–H groups in total. The molecule has 6 heteroatoms. The number of amides is 1. The van der Waals surface area contributed by atoms with Crippen LogP contribution in [0.2, 0.25) is 10.0 Å². The Morgan fingerprint density at radius 2 is 1.91 bits per heavy atom. The maximum Gasteiger partial charge on any atom is 0.306 e. The molecule has 0 bridgehead atoms. The van der Waals surface area contributed by atoms with Crippen molar-refractivity contribution >= 4 is 35.1 Å². The van der Waals surface area contributed by atoms with Gasteiger partial charge in [-0.15, -0.1) is 0 Å². The van der Waals surface area contributed by atoms with Crippen LogP contribution in [0.5, 0.6) is 0 Å². The van der Waals surface area contributed by atoms with Crippen LogP contribution in [0.25, 0.3) is 0 Å². The molecule has 0 unspecified atom stereocenters. The number of aliphatic carboxylic acids is 1. The quantitative estimate of drug-likeness (QED) is 0.896. The fraction of sp³-hybridized carbons (Fsp3) is 0.500. The number of halogens is 2. The Labute approximate surface area is 139 Å². The summed E-state index contributed by atoms with van der Waals surface area (Å²) in [5, 5.41) is 10.3. The molecule has 1 amide bonds. The second-order valence-corrected chi connectivity index (χ2v) is 6.92. The van der Waals surface area contributed by atoms with Crippen LogP contribution in [0.3, 0.4) is 0 Å². The highest BCUT2D eigenvalue weighted by Crippen LogP contribution is 2.35. The predicted molar refractivity (Wildman–Crippen MR) is 84.0 cm³/mol. The zero-order valence-electron chi connectivity index (χ0n) is 12.0. The number of carbonyl (C=O) groups excluding carboxylic acids is 1. The topological polar surface area (TPSA) is 57.6 Å². The minimum absolute atomic E-state index is 0.0606. The zero-order chi connectivity index (χ0) is 15.9. The van der Waals surface area contributed by atoms with Gasteiger partial charge in [-0.2, -0.15) is 0 Å². The van der Waals surface area contributed by atoms with Gasteiger partial charge in [0.25, 0.3) is 0 Å². The van der Waals surface area contributed by atoms with Gasteiger partial charge in [-0.25, -0.2) is 0 Å². The van der Waals surface area contributed by atoms with Crippen molar-refractivity contribution in [1.82, 2.24) is 4.90 Å². The third-order valence-corrected chi connectivity index (χ3v) is 5.24. The van der Waals surface area contributed by atoms with E-state index in [4.69, 9.17) is 28.3 Å². The summed E-state index contributed by atoms with van der Waals surface area (Å²) in [4.78, 5) is 25.5. The molecular weight excluding hydrogens is 325 g/mol. The molecule has 0 spiro atoms. The Balaban J connectivity index is 1.72. The third kappa shape index (κ3) is 2.95. The Bertz CT molecular complexity index is 632. The van der Waals surface area contributed by atoms with Gasteiger partial charge in [0.1, 0.15) is 0 Å². The van der Waals surface area contributed by atoms with E-state index in [1.54, 1.807) is 6.07 Å². The number of hydrogen-bond acceptors (Lipinski definition) is 2. The van der Waals surface area contributed by atoms with Gasteiger partial charge in [0.2, 0.25) is 5.91 Å². The highest BCUT2D eigenvalue weighted by Gasteiger charge is 2.36. The van der Waals surface area contributed by atoms with Crippen LogP contribution in [0.15, 0.2) is 12.1 Å². The maximum atomic E-state index is 12.6. The molecule has 1 aliphatic carbocycles. The van der Waals surface area contributed by atoms with Crippen molar-refractivity contribution in [1.29, 1.82) is 0 Å². The largest absolute Gasteiger partial charge is 0.481 e. The van der Waals surface area contributed by atoms with Gasteiger partial charge >= 0.3 is 5.97 Å². The average Bonchev–Trinajstić information content (AvgIpc) is 2.95. The van der Waals surface area contributed by atoms with E-state index in [1.165, 1.54) is 0 Å². The summed E-state index contributed by atoms with van der Waals surface area (Å²) in [6, 6.07) is 3.59. The van der Waals surface area contributed by atoms with Gasteiger partial charge in [0.15, 0.2) is 0 Å². The normalized spacial score (nSPS) is 24.2. The number of carboxylic acids is 1. The van der Waals surface area contributed by atoms with Crippen molar-refractivity contribution in [2.24, 2.45) is 11.8 Å². The number of nitrogens with zero attached hydrogens (tertiary/aromatic N) is 1. The lowest BCUT2D eigenvalue weighted by Crippen LogP contribution is -2.39. The van der Waals surface area contributed by atoms with Crippen molar-refractivity contribution in [3.05, 3.63) is 33.3 Å². The zero-order valence-corrected chi connectivity index (χ0v) is 13.5. The molecule has 1 fully saturated rings. The molecule has 1 aromatic rings. The van der Waals surface area contributed by atoms with E-state index in [9.17, 15) is 9.59 Å². The van der Waals surface area contributed by atoms with Crippen LogP contribution < -0.4 is 0 Å². The van der Waals surface area contributed by atoms with Gasteiger partial charge in [-0.05, 0) is 48.9 Å². The standard InChI is InChI=1S/C16H17Cl2NO3/c17-12-6-11-8-19(4-3-13(11)14(18)7-12)15(20)9-1-2-10(5-9)16(21)22/h6-7,9-10H,1-5,8H2,(H,21,22)/t9-,10+/m0/s1. The molecule has 118 valence electrons. The van der Waals surface area contributed by atoms with E-state index in [-0.39, 0.29) is 17.7 Å². The van der Waals surface area contributed by atoms with E-state index in [0.717, 1.165) is 11.1 Å². The SMILES string of the molecule is O=C(O)[C@@H]1CC[C@H](C(=O)N2CCc3c(Cl)cc(Cl)cc3C2)C1. The lowest BCUT2D eigenvalue weighted by molar-refractivity contribution is -0.141. The van der Waals surface area contributed by atoms with E-state index >= 15 is 0 Å². The fourth-order valence-corrected chi connectivity index (χ4v) is 4.12. The summed E-state index contributed by atoms with van der Waals surface area (Å²) in [6.45, 7) is 1.13. The molecule has 1 heterocycles. The number of hydrogen-bond donors (Lipinski definition) is 1. The maximum absolute atomic E-state index is 12.6. The molecule has 1 aliphatic heterocycles. The second kappa shape index (κ2) is 6.09. The molecular formula is C16H17Cl2NO3. The molecule has 2 aliphatic rings. The summed E-state index contributed by atoms with van der Waals surface area (Å²) in [5.74, 6) is -1.28. The van der Waals surface area contributed by atoms with Crippen molar-refractivity contribution in [3.8, 4) is 0 Å². The van der Waals surface area contributed by atoms with E-state index in [1.807, 2.05) is 11.0 Å². The van der Waals surface area contributed by atoms with Crippen LogP contribution in [0.4, 0.5) is 0 Å². The highest BCUT2D eigenvalue weighted by molar-refractivity contribution is 6.35. The van der Waals surface area contributed by atoms with Crippen molar-refractivity contribution in [2.45, 2.75) is 32.2 Å². The number of carboxylic acid groups (broad SMARTS) is 1. The molecule has 1 aromatic carbocycles. The lowest BCUT2D eigenvalue weighted by Gasteiger charge is -2.31. The van der Waals surface area contributed by atoms with Gasteiger partial charge < -0.3 is 10.0 Å². The minimum atomic E-state index is -0.794. The van der Waals surface area contributed by atoms with E-state index < -0.39 is 5.97 Å². The summed E-state index contributed by atoms with van der Waals surface area (Å²) >= 11 is 12.2. The monoisotopic (exact) mass is 341 g/mol. The Morgan fingerprint density at radius 3 is 2.59 bits per heavy atom. The molecule has 3 rings (SSSR count). The van der Waals surface area contributed by atoms with E-state index in [0.29, 0.717) is 48.8 Å². The molecule has 1 saturated carbocycles. The highest BCUT2D eigenvalue weighted by atomic mass is 35.5. The third-order valence-electron chi connectivity index (χ3n) is 4.69. The Kier molecular flexibility index (Phi) is 4.33.